The van der Waals surface area contributed by atoms with Gasteiger partial charge in [-0.15, -0.1) is 0 Å². The van der Waals surface area contributed by atoms with Crippen molar-refractivity contribution >= 4 is 17.9 Å². The Morgan fingerprint density at radius 3 is 0.737 bits per heavy atom. The number of carbonyl (C=O) groups is 3. The summed E-state index contributed by atoms with van der Waals surface area (Å²) < 4.78 is 16.9. The number of allylic oxidation sites excluding steroid dienone is 8. The van der Waals surface area contributed by atoms with Gasteiger partial charge >= 0.3 is 17.9 Å². The van der Waals surface area contributed by atoms with Gasteiger partial charge in [-0.05, 0) is 83.5 Å². The summed E-state index contributed by atoms with van der Waals surface area (Å²) in [6.07, 6.45) is 81.6. The van der Waals surface area contributed by atoms with Gasteiger partial charge in [0.2, 0.25) is 0 Å². The summed E-state index contributed by atoms with van der Waals surface area (Å²) in [6, 6.07) is 0. The molecule has 0 aliphatic heterocycles. The minimum Gasteiger partial charge on any atom is -0.462 e. The van der Waals surface area contributed by atoms with Crippen LogP contribution in [0, 0.1) is 0 Å². The summed E-state index contributed by atoms with van der Waals surface area (Å²) in [5, 5.41) is 0. The largest absolute Gasteiger partial charge is 0.462 e. The molecule has 1 atom stereocenters. The first-order valence-electron chi connectivity index (χ1n) is 33.6. The van der Waals surface area contributed by atoms with Crippen molar-refractivity contribution in [2.24, 2.45) is 0 Å². The second-order valence-electron chi connectivity index (χ2n) is 22.7. The van der Waals surface area contributed by atoms with Gasteiger partial charge in [0, 0.05) is 19.3 Å². The van der Waals surface area contributed by atoms with E-state index in [1.54, 1.807) is 0 Å². The standard InChI is InChI=1S/C70H128O6/c1-4-7-10-13-16-19-21-23-25-27-28-29-30-31-32-33-34-35-36-37-38-39-40-41-42-43-45-46-48-51-54-57-60-63-69(72)75-66-67(65-74-68(71)62-59-56-53-50-18-15-12-9-6-3)76-70(73)64-61-58-55-52-49-47-44-26-24-22-20-17-14-11-8-5-2/h20-23,26-28,44,67H,4-19,24-25,29-43,45-66H2,1-3H3/b22-20-,23-21-,28-27-,44-26-. The summed E-state index contributed by atoms with van der Waals surface area (Å²) >= 11 is 0. The summed E-state index contributed by atoms with van der Waals surface area (Å²) in [7, 11) is 0. The number of ether oxygens (including phenoxy) is 3. The number of esters is 3. The first-order chi connectivity index (χ1) is 37.5. The average Bonchev–Trinajstić information content (AvgIpc) is 3.42. The van der Waals surface area contributed by atoms with Crippen LogP contribution in [0.5, 0.6) is 0 Å². The van der Waals surface area contributed by atoms with Crippen LogP contribution in [0.25, 0.3) is 0 Å². The van der Waals surface area contributed by atoms with E-state index in [1.807, 2.05) is 0 Å². The molecule has 1 unspecified atom stereocenters. The van der Waals surface area contributed by atoms with Crippen LogP contribution >= 0.6 is 0 Å². The van der Waals surface area contributed by atoms with Crippen LogP contribution in [0.15, 0.2) is 48.6 Å². The van der Waals surface area contributed by atoms with Crippen molar-refractivity contribution < 1.29 is 28.6 Å². The topological polar surface area (TPSA) is 78.9 Å². The second-order valence-corrected chi connectivity index (χ2v) is 22.7. The monoisotopic (exact) mass is 1060 g/mol. The Kier molecular flexibility index (Phi) is 62.6. The van der Waals surface area contributed by atoms with Gasteiger partial charge in [0.05, 0.1) is 0 Å². The molecule has 0 bridgehead atoms. The number of carbonyl (C=O) groups excluding carboxylic acids is 3. The van der Waals surface area contributed by atoms with Gasteiger partial charge in [0.1, 0.15) is 13.2 Å². The fraction of sp³-hybridized carbons (Fsp3) is 0.843. The second kappa shape index (κ2) is 64.9. The zero-order chi connectivity index (χ0) is 55.0. The van der Waals surface area contributed by atoms with Crippen molar-refractivity contribution in [2.75, 3.05) is 13.2 Å². The fourth-order valence-electron chi connectivity index (χ4n) is 9.98. The molecule has 0 aliphatic rings. The van der Waals surface area contributed by atoms with E-state index in [9.17, 15) is 14.4 Å². The smallest absolute Gasteiger partial charge is 0.306 e. The average molecular weight is 1070 g/mol. The number of hydrogen-bond acceptors (Lipinski definition) is 6. The fourth-order valence-corrected chi connectivity index (χ4v) is 9.98. The zero-order valence-electron chi connectivity index (χ0n) is 51.0. The molecule has 0 aliphatic carbocycles. The van der Waals surface area contributed by atoms with E-state index < -0.39 is 6.10 Å². The van der Waals surface area contributed by atoms with Crippen molar-refractivity contribution in [1.29, 1.82) is 0 Å². The van der Waals surface area contributed by atoms with E-state index in [4.69, 9.17) is 14.2 Å². The molecule has 0 aromatic heterocycles. The van der Waals surface area contributed by atoms with Crippen molar-refractivity contribution in [3.8, 4) is 0 Å². The lowest BCUT2D eigenvalue weighted by atomic mass is 10.0. The first-order valence-corrected chi connectivity index (χ1v) is 33.6. The van der Waals surface area contributed by atoms with Gasteiger partial charge in [-0.1, -0.05) is 307 Å². The molecule has 0 N–H and O–H groups in total. The number of hydrogen-bond donors (Lipinski definition) is 0. The summed E-state index contributed by atoms with van der Waals surface area (Å²) in [4.78, 5) is 38.1. The Morgan fingerprint density at radius 2 is 0.474 bits per heavy atom. The first kappa shape index (κ1) is 73.4. The van der Waals surface area contributed by atoms with Crippen molar-refractivity contribution in [3.05, 3.63) is 48.6 Å². The van der Waals surface area contributed by atoms with Crippen LogP contribution in [-0.4, -0.2) is 37.2 Å². The summed E-state index contributed by atoms with van der Waals surface area (Å²) in [6.45, 7) is 6.63. The van der Waals surface area contributed by atoms with Crippen LogP contribution < -0.4 is 0 Å². The molecule has 0 radical (unpaired) electrons. The van der Waals surface area contributed by atoms with E-state index >= 15 is 0 Å². The van der Waals surface area contributed by atoms with Crippen LogP contribution in [0.4, 0.5) is 0 Å². The maximum absolute atomic E-state index is 12.9. The Morgan fingerprint density at radius 1 is 0.263 bits per heavy atom. The van der Waals surface area contributed by atoms with E-state index in [0.717, 1.165) is 89.9 Å². The van der Waals surface area contributed by atoms with Crippen LogP contribution in [0.2, 0.25) is 0 Å². The molecule has 6 heteroatoms. The predicted molar refractivity (Wildman–Crippen MR) is 330 cm³/mol. The van der Waals surface area contributed by atoms with Gasteiger partial charge in [0.15, 0.2) is 6.10 Å². The Hall–Kier alpha value is -2.63. The third-order valence-corrected chi connectivity index (χ3v) is 15.1. The highest BCUT2D eigenvalue weighted by molar-refractivity contribution is 5.71. The van der Waals surface area contributed by atoms with E-state index in [1.165, 1.54) is 231 Å². The van der Waals surface area contributed by atoms with E-state index in [2.05, 4.69) is 69.4 Å². The maximum atomic E-state index is 12.9. The molecule has 0 saturated heterocycles. The highest BCUT2D eigenvalue weighted by Gasteiger charge is 2.19. The van der Waals surface area contributed by atoms with Gasteiger partial charge in [-0.3, -0.25) is 14.4 Å². The molecule has 0 rings (SSSR count). The molecule has 444 valence electrons. The summed E-state index contributed by atoms with van der Waals surface area (Å²) in [5.41, 5.74) is 0. The van der Waals surface area contributed by atoms with Gasteiger partial charge in [0.25, 0.3) is 0 Å². The van der Waals surface area contributed by atoms with E-state index in [-0.39, 0.29) is 31.1 Å². The van der Waals surface area contributed by atoms with E-state index in [0.29, 0.717) is 19.3 Å². The molecule has 0 heterocycles. The molecule has 6 nitrogen and oxygen atoms in total. The van der Waals surface area contributed by atoms with Crippen LogP contribution in [0.3, 0.4) is 0 Å². The molecular formula is C70H128O6. The molecular weight excluding hydrogens is 937 g/mol. The van der Waals surface area contributed by atoms with Crippen molar-refractivity contribution in [1.82, 2.24) is 0 Å². The molecule has 0 fully saturated rings. The highest BCUT2D eigenvalue weighted by Crippen LogP contribution is 2.18. The number of rotatable bonds is 62. The quantitative estimate of drug-likeness (QED) is 0.0261. The Bertz CT molecular complexity index is 1310. The van der Waals surface area contributed by atoms with Crippen LogP contribution in [-0.2, 0) is 28.6 Å². The predicted octanol–water partition coefficient (Wildman–Crippen LogP) is 22.9. The normalized spacial score (nSPS) is 12.3. The SMILES string of the molecule is CCCCCC/C=C\C/C=C\CCCCCCCC(=O)OC(COC(=O)CCCCCCCCCCC)COC(=O)CCCCCCCCCCCCCCCCCCCCCCC/C=C\C/C=C\CCCCCCC. The lowest BCUT2D eigenvalue weighted by molar-refractivity contribution is -0.167. The maximum Gasteiger partial charge on any atom is 0.306 e. The zero-order valence-corrected chi connectivity index (χ0v) is 51.0. The third-order valence-electron chi connectivity index (χ3n) is 15.1. The van der Waals surface area contributed by atoms with Crippen LogP contribution in [0.1, 0.15) is 361 Å². The molecule has 0 amide bonds. The highest BCUT2D eigenvalue weighted by atomic mass is 16.6. The molecule has 76 heavy (non-hydrogen) atoms. The molecule has 0 aromatic carbocycles. The minimum absolute atomic E-state index is 0.0740. The molecule has 0 aromatic rings. The summed E-state index contributed by atoms with van der Waals surface area (Å²) in [5.74, 6) is -0.871. The lowest BCUT2D eigenvalue weighted by Gasteiger charge is -2.18. The van der Waals surface area contributed by atoms with Crippen molar-refractivity contribution in [2.45, 2.75) is 367 Å². The minimum atomic E-state index is -0.776. The van der Waals surface area contributed by atoms with Gasteiger partial charge in [-0.25, -0.2) is 0 Å². The molecule has 0 saturated carbocycles. The Labute approximate surface area is 473 Å². The van der Waals surface area contributed by atoms with Gasteiger partial charge in [-0.2, -0.15) is 0 Å². The third kappa shape index (κ3) is 62.2. The Balaban J connectivity index is 4.03. The van der Waals surface area contributed by atoms with Crippen molar-refractivity contribution in [3.63, 3.8) is 0 Å². The van der Waals surface area contributed by atoms with Gasteiger partial charge < -0.3 is 14.2 Å². The number of unbranched alkanes of at least 4 members (excludes halogenated alkanes) is 43. The lowest BCUT2D eigenvalue weighted by Crippen LogP contribution is -2.30. The molecule has 0 spiro atoms.